The lowest BCUT2D eigenvalue weighted by Gasteiger charge is -2.35. The monoisotopic (exact) mass is 429 g/mol. The largest absolute Gasteiger partial charge is 0.336 e. The molecule has 1 N–H and O–H groups in total. The smallest absolute Gasteiger partial charge is 0.294 e. The second-order valence-corrected chi connectivity index (χ2v) is 7.72. The van der Waals surface area contributed by atoms with Gasteiger partial charge in [-0.05, 0) is 24.5 Å². The second kappa shape index (κ2) is 8.97. The van der Waals surface area contributed by atoms with Gasteiger partial charge in [0.05, 0.1) is 5.69 Å². The third-order valence-corrected chi connectivity index (χ3v) is 5.41. The van der Waals surface area contributed by atoms with Crippen LogP contribution in [0.25, 0.3) is 5.69 Å². The molecule has 1 aliphatic rings. The molecule has 30 heavy (non-hydrogen) atoms. The number of piperazine rings is 1. The summed E-state index contributed by atoms with van der Waals surface area (Å²) in [7, 11) is 1.94. The van der Waals surface area contributed by atoms with Crippen molar-refractivity contribution in [3.63, 3.8) is 0 Å². The minimum atomic E-state index is -0.164. The number of aromatic nitrogens is 5. The second-order valence-electron chi connectivity index (χ2n) is 7.72. The van der Waals surface area contributed by atoms with Crippen molar-refractivity contribution in [3.05, 3.63) is 59.7 Å². The van der Waals surface area contributed by atoms with Crippen molar-refractivity contribution in [2.24, 2.45) is 7.05 Å². The fourth-order valence-electron chi connectivity index (χ4n) is 3.88. The van der Waals surface area contributed by atoms with E-state index in [2.05, 4.69) is 40.3 Å². The number of amides is 1. The zero-order chi connectivity index (χ0) is 20.5. The maximum Gasteiger partial charge on any atom is 0.294 e. The Morgan fingerprint density at radius 3 is 2.73 bits per heavy atom. The van der Waals surface area contributed by atoms with E-state index in [4.69, 9.17) is 0 Å². The summed E-state index contributed by atoms with van der Waals surface area (Å²) in [5.41, 5.74) is 2.14. The number of rotatable bonds is 4. The van der Waals surface area contributed by atoms with Crippen LogP contribution in [0.1, 0.15) is 53.6 Å². The maximum absolute atomic E-state index is 13.4. The molecule has 1 fully saturated rings. The molecule has 1 aromatic carbocycles. The Labute approximate surface area is 182 Å². The molecule has 1 unspecified atom stereocenters. The van der Waals surface area contributed by atoms with Gasteiger partial charge in [0.15, 0.2) is 0 Å². The number of nitrogens with one attached hydrogen (secondary N) is 1. The highest BCUT2D eigenvalue weighted by atomic mass is 35.5. The van der Waals surface area contributed by atoms with Crippen LogP contribution in [-0.4, -0.2) is 54.8 Å². The van der Waals surface area contributed by atoms with Gasteiger partial charge in [0.25, 0.3) is 5.91 Å². The molecule has 4 rings (SSSR count). The zero-order valence-corrected chi connectivity index (χ0v) is 18.6. The standard InChI is InChI=1S/C21H27N7O.ClH/c1-14(2)16-7-5-6-8-17(16)28-15(3)24-19(25-28)21(29)27-12-9-22-13-18(27)20-23-10-11-26(20)4;/h5-8,10-11,14,18,22H,9,12-13H2,1-4H3;1H. The highest BCUT2D eigenvalue weighted by molar-refractivity contribution is 5.91. The quantitative estimate of drug-likeness (QED) is 0.689. The van der Waals surface area contributed by atoms with E-state index in [-0.39, 0.29) is 30.2 Å². The van der Waals surface area contributed by atoms with E-state index in [1.165, 1.54) is 5.56 Å². The zero-order valence-electron chi connectivity index (χ0n) is 17.7. The van der Waals surface area contributed by atoms with Gasteiger partial charge < -0.3 is 14.8 Å². The van der Waals surface area contributed by atoms with Crippen molar-refractivity contribution >= 4 is 18.3 Å². The average Bonchev–Trinajstić information content (AvgIpc) is 3.33. The topological polar surface area (TPSA) is 80.9 Å². The average molecular weight is 430 g/mol. The highest BCUT2D eigenvalue weighted by Crippen LogP contribution is 2.25. The normalized spacial score (nSPS) is 16.6. The van der Waals surface area contributed by atoms with Crippen LogP contribution in [0.3, 0.4) is 0 Å². The highest BCUT2D eigenvalue weighted by Gasteiger charge is 2.33. The Kier molecular flexibility index (Phi) is 6.58. The molecular weight excluding hydrogens is 402 g/mol. The van der Waals surface area contributed by atoms with Gasteiger partial charge in [-0.3, -0.25) is 4.79 Å². The molecule has 1 amide bonds. The fourth-order valence-corrected chi connectivity index (χ4v) is 3.88. The Balaban J connectivity index is 0.00000256. The molecular formula is C21H28ClN7O. The lowest BCUT2D eigenvalue weighted by Crippen LogP contribution is -2.49. The van der Waals surface area contributed by atoms with Gasteiger partial charge in [-0.1, -0.05) is 32.0 Å². The van der Waals surface area contributed by atoms with Gasteiger partial charge in [-0.25, -0.2) is 14.6 Å². The molecule has 160 valence electrons. The van der Waals surface area contributed by atoms with Crippen molar-refractivity contribution in [2.75, 3.05) is 19.6 Å². The number of benzene rings is 1. The number of imidazole rings is 1. The first-order valence-electron chi connectivity index (χ1n) is 9.99. The first-order valence-corrected chi connectivity index (χ1v) is 9.99. The van der Waals surface area contributed by atoms with E-state index >= 15 is 0 Å². The molecule has 9 heteroatoms. The van der Waals surface area contributed by atoms with Crippen molar-refractivity contribution in [2.45, 2.75) is 32.7 Å². The summed E-state index contributed by atoms with van der Waals surface area (Å²) < 4.78 is 3.73. The number of aryl methyl sites for hydroxylation is 2. The number of para-hydroxylation sites is 1. The van der Waals surface area contributed by atoms with E-state index in [0.717, 1.165) is 18.1 Å². The minimum absolute atomic E-state index is 0. The Bertz CT molecular complexity index is 1030. The maximum atomic E-state index is 13.4. The van der Waals surface area contributed by atoms with Crippen LogP contribution < -0.4 is 5.32 Å². The number of nitrogens with zero attached hydrogens (tertiary/aromatic N) is 6. The summed E-state index contributed by atoms with van der Waals surface area (Å²) >= 11 is 0. The SMILES string of the molecule is Cc1nc(C(=O)N2CCNCC2c2nccn2C)nn1-c1ccccc1C(C)C.Cl. The lowest BCUT2D eigenvalue weighted by atomic mass is 10.0. The van der Waals surface area contributed by atoms with Gasteiger partial charge in [0.1, 0.15) is 17.7 Å². The first-order chi connectivity index (χ1) is 14.0. The molecule has 0 bridgehead atoms. The Morgan fingerprint density at radius 2 is 2.03 bits per heavy atom. The van der Waals surface area contributed by atoms with Crippen LogP contribution in [0.4, 0.5) is 0 Å². The summed E-state index contributed by atoms with van der Waals surface area (Å²) in [5.74, 6) is 1.96. The minimum Gasteiger partial charge on any atom is -0.336 e. The van der Waals surface area contributed by atoms with Crippen LogP contribution in [0.15, 0.2) is 36.7 Å². The summed E-state index contributed by atoms with van der Waals surface area (Å²) in [6.45, 7) is 8.17. The number of hydrogen-bond acceptors (Lipinski definition) is 5. The number of hydrogen-bond donors (Lipinski definition) is 1. The molecule has 8 nitrogen and oxygen atoms in total. The van der Waals surface area contributed by atoms with Crippen LogP contribution in [0, 0.1) is 6.92 Å². The van der Waals surface area contributed by atoms with Gasteiger partial charge in [0, 0.05) is 39.1 Å². The van der Waals surface area contributed by atoms with Crippen LogP contribution >= 0.6 is 12.4 Å². The molecule has 2 aromatic heterocycles. The number of halogens is 1. The predicted molar refractivity (Wildman–Crippen MR) is 117 cm³/mol. The summed E-state index contributed by atoms with van der Waals surface area (Å²) in [6, 6.07) is 7.97. The van der Waals surface area contributed by atoms with Crippen LogP contribution in [-0.2, 0) is 7.05 Å². The Hall–Kier alpha value is -2.71. The molecule has 0 spiro atoms. The van der Waals surface area contributed by atoms with Crippen molar-refractivity contribution < 1.29 is 4.79 Å². The molecule has 0 saturated carbocycles. The lowest BCUT2D eigenvalue weighted by molar-refractivity contribution is 0.0608. The summed E-state index contributed by atoms with van der Waals surface area (Å²) in [4.78, 5) is 24.1. The van der Waals surface area contributed by atoms with E-state index in [9.17, 15) is 4.79 Å². The number of carbonyl (C=O) groups is 1. The van der Waals surface area contributed by atoms with Crippen LogP contribution in [0.2, 0.25) is 0 Å². The third kappa shape index (κ3) is 3.97. The van der Waals surface area contributed by atoms with Crippen molar-refractivity contribution in [1.82, 2.24) is 34.5 Å². The molecule has 1 atom stereocenters. The number of carbonyl (C=O) groups excluding carboxylic acids is 1. The van der Waals surface area contributed by atoms with Crippen molar-refractivity contribution in [3.8, 4) is 5.69 Å². The molecule has 3 heterocycles. The predicted octanol–water partition coefficient (Wildman–Crippen LogP) is 2.64. The molecule has 1 aliphatic heterocycles. The first kappa shape index (κ1) is 22.0. The van der Waals surface area contributed by atoms with Crippen molar-refractivity contribution in [1.29, 1.82) is 0 Å². The van der Waals surface area contributed by atoms with E-state index in [0.29, 0.717) is 24.8 Å². The van der Waals surface area contributed by atoms with Crippen LogP contribution in [0.5, 0.6) is 0 Å². The van der Waals surface area contributed by atoms with Gasteiger partial charge >= 0.3 is 0 Å². The molecule has 1 saturated heterocycles. The van der Waals surface area contributed by atoms with Gasteiger partial charge in [-0.15, -0.1) is 17.5 Å². The van der Waals surface area contributed by atoms with Gasteiger partial charge in [0.2, 0.25) is 5.82 Å². The van der Waals surface area contributed by atoms with E-state index < -0.39 is 0 Å². The fraction of sp³-hybridized carbons (Fsp3) is 0.429. The summed E-state index contributed by atoms with van der Waals surface area (Å²) in [6.07, 6.45) is 3.65. The molecule has 0 aliphatic carbocycles. The van der Waals surface area contributed by atoms with Gasteiger partial charge in [-0.2, -0.15) is 0 Å². The molecule has 0 radical (unpaired) electrons. The Morgan fingerprint density at radius 1 is 1.27 bits per heavy atom. The summed E-state index contributed by atoms with van der Waals surface area (Å²) in [5, 5.41) is 7.96. The van der Waals surface area contributed by atoms with E-state index in [1.807, 2.05) is 47.8 Å². The van der Waals surface area contributed by atoms with E-state index in [1.54, 1.807) is 10.9 Å². The third-order valence-electron chi connectivity index (χ3n) is 5.41. The molecule has 3 aromatic rings.